The molecule has 1 unspecified atom stereocenters. The second kappa shape index (κ2) is 7.95. The topological polar surface area (TPSA) is 203 Å². The Bertz CT molecular complexity index is 1220. The minimum Gasteiger partial charge on any atom is -0.387 e. The van der Waals surface area contributed by atoms with Gasteiger partial charge >= 0.3 is 7.82 Å². The number of imidazole rings is 1. The molecule has 2 aliphatic rings. The van der Waals surface area contributed by atoms with Crippen molar-refractivity contribution in [3.63, 3.8) is 0 Å². The van der Waals surface area contributed by atoms with Crippen molar-refractivity contribution in [2.24, 2.45) is 0 Å². The van der Waals surface area contributed by atoms with Crippen LogP contribution in [-0.4, -0.2) is 59.1 Å². The summed E-state index contributed by atoms with van der Waals surface area (Å²) in [6.07, 6.45) is -0.704. The monoisotopic (exact) mass is 479 g/mol. The number of phosphoric ester groups is 1. The molecule has 0 amide bonds. The van der Waals surface area contributed by atoms with Crippen LogP contribution in [0.4, 0.5) is 11.8 Å². The third-order valence-corrected chi connectivity index (χ3v) is 6.95. The fourth-order valence-corrected chi connectivity index (χ4v) is 4.93. The number of ether oxygens (including phenoxy) is 1. The van der Waals surface area contributed by atoms with Gasteiger partial charge in [0.1, 0.15) is 29.9 Å². The van der Waals surface area contributed by atoms with Gasteiger partial charge in [0.05, 0.1) is 25.2 Å². The van der Waals surface area contributed by atoms with Crippen LogP contribution in [0.1, 0.15) is 24.4 Å². The van der Waals surface area contributed by atoms with E-state index in [1.807, 2.05) is 0 Å². The Balaban J connectivity index is 1.34. The number of pyridine rings is 1. The Kier molecular flexibility index (Phi) is 5.33. The normalized spacial score (nSPS) is 32.0. The first-order valence-electron chi connectivity index (χ1n) is 9.96. The summed E-state index contributed by atoms with van der Waals surface area (Å²) in [5, 5.41) is 21.7. The average molecular weight is 479 g/mol. The molecular weight excluding hydrogens is 457 g/mol. The lowest BCUT2D eigenvalue weighted by Gasteiger charge is -2.27. The number of aliphatic hydroxyl groups excluding tert-OH is 1. The largest absolute Gasteiger partial charge is 0.475 e. The molecule has 3 aromatic rings. The van der Waals surface area contributed by atoms with Crippen molar-refractivity contribution in [2.75, 3.05) is 18.1 Å². The van der Waals surface area contributed by atoms with Crippen LogP contribution >= 0.6 is 7.82 Å². The summed E-state index contributed by atoms with van der Waals surface area (Å²) in [5.41, 5.74) is 11.5. The van der Waals surface area contributed by atoms with E-state index in [0.717, 1.165) is 5.56 Å². The maximum atomic E-state index is 13.0. The molecule has 3 aromatic heterocycles. The molecule has 1 saturated heterocycles. The number of fused-ring (bicyclic) bond motifs is 2. The maximum Gasteiger partial charge on any atom is 0.475 e. The molecule has 5 atom stereocenters. The number of hydrogen-bond acceptors (Lipinski definition) is 13. The first kappa shape index (κ1) is 22.1. The second-order valence-electron chi connectivity index (χ2n) is 7.89. The summed E-state index contributed by atoms with van der Waals surface area (Å²) in [7, 11) is -3.98. The summed E-state index contributed by atoms with van der Waals surface area (Å²) in [4.78, 5) is 16.3. The number of anilines is 2. The molecule has 5 rings (SSSR count). The van der Waals surface area contributed by atoms with E-state index in [1.165, 1.54) is 17.8 Å². The van der Waals surface area contributed by atoms with E-state index in [1.54, 1.807) is 18.3 Å². The van der Waals surface area contributed by atoms with Crippen LogP contribution in [0.2, 0.25) is 0 Å². The van der Waals surface area contributed by atoms with Gasteiger partial charge < -0.3 is 26.4 Å². The van der Waals surface area contributed by atoms with E-state index in [4.69, 9.17) is 29.8 Å². The molecule has 0 spiro atoms. The second-order valence-corrected chi connectivity index (χ2v) is 9.56. The molecule has 0 radical (unpaired) electrons. The van der Waals surface area contributed by atoms with Gasteiger partial charge in [-0.2, -0.15) is 9.97 Å². The lowest BCUT2D eigenvalue weighted by Crippen LogP contribution is -2.44. The number of aromatic nitrogens is 5. The first-order chi connectivity index (χ1) is 15.7. The molecule has 15 heteroatoms. The smallest absolute Gasteiger partial charge is 0.387 e. The summed E-state index contributed by atoms with van der Waals surface area (Å²) >= 11 is 0. The molecule has 33 heavy (non-hydrogen) atoms. The molecule has 0 bridgehead atoms. The van der Waals surface area contributed by atoms with Gasteiger partial charge in [-0.3, -0.25) is 23.1 Å². The van der Waals surface area contributed by atoms with E-state index < -0.39 is 31.9 Å². The third kappa shape index (κ3) is 3.85. The van der Waals surface area contributed by atoms with Crippen LogP contribution in [0.5, 0.6) is 0 Å². The number of nitrogen functional groups attached to an aromatic ring is 2. The fourth-order valence-electron chi connectivity index (χ4n) is 3.80. The zero-order chi connectivity index (χ0) is 23.4. The SMILES string of the molecule is C[C@]1(O)[C@@H](O)[C@@H](COP2(=O)OCc3cccnc3CO2)O[C@H]1n1cnc2c(N)nc(N)nc21. The molecular formula is C18H22N7O7P. The molecule has 0 aliphatic carbocycles. The summed E-state index contributed by atoms with van der Waals surface area (Å²) in [6.45, 7) is 0.912. The van der Waals surface area contributed by atoms with Crippen LogP contribution in [0.15, 0.2) is 24.7 Å². The van der Waals surface area contributed by atoms with Crippen molar-refractivity contribution >= 4 is 30.8 Å². The predicted octanol–water partition coefficient (Wildman–Crippen LogP) is 0.267. The highest BCUT2D eigenvalue weighted by Crippen LogP contribution is 2.53. The number of aliphatic hydroxyl groups is 2. The summed E-state index contributed by atoms with van der Waals surface area (Å²) in [6, 6.07) is 3.52. The number of nitrogens with zero attached hydrogens (tertiary/aromatic N) is 5. The Hall–Kier alpha value is -2.71. The van der Waals surface area contributed by atoms with Crippen LogP contribution in [-0.2, 0) is 36.1 Å². The molecule has 6 N–H and O–H groups in total. The van der Waals surface area contributed by atoms with Crippen molar-refractivity contribution in [1.82, 2.24) is 24.5 Å². The van der Waals surface area contributed by atoms with Crippen molar-refractivity contribution in [1.29, 1.82) is 0 Å². The van der Waals surface area contributed by atoms with E-state index in [2.05, 4.69) is 19.9 Å². The standard InChI is InChI=1S/C18H22N7O7P/c1-18(27)13(26)11(7-31-33(28)29-5-9-3-2-4-21-10(9)6-30-33)32-16(18)25-8-22-12-14(19)23-17(20)24-15(12)25/h2-4,8,11,13,16,26-27H,5-7H2,1H3,(H4,19,20,23,24)/t11-,13+,16-,18+,33?/m1/s1. The Morgan fingerprint density at radius 3 is 2.91 bits per heavy atom. The molecule has 0 aromatic carbocycles. The Morgan fingerprint density at radius 1 is 1.30 bits per heavy atom. The quantitative estimate of drug-likeness (QED) is 0.371. The van der Waals surface area contributed by atoms with Gasteiger partial charge in [0.2, 0.25) is 5.95 Å². The van der Waals surface area contributed by atoms with Gasteiger partial charge in [0, 0.05) is 11.8 Å². The number of phosphoric acid groups is 1. The van der Waals surface area contributed by atoms with Gasteiger partial charge in [0.15, 0.2) is 17.7 Å². The molecule has 5 heterocycles. The highest BCUT2D eigenvalue weighted by Gasteiger charge is 2.54. The van der Waals surface area contributed by atoms with Crippen molar-refractivity contribution < 1.29 is 33.1 Å². The van der Waals surface area contributed by atoms with E-state index in [-0.39, 0.29) is 42.8 Å². The van der Waals surface area contributed by atoms with Gasteiger partial charge in [-0.25, -0.2) is 9.55 Å². The van der Waals surface area contributed by atoms with Crippen molar-refractivity contribution in [3.8, 4) is 0 Å². The molecule has 1 fully saturated rings. The summed E-state index contributed by atoms with van der Waals surface area (Å²) in [5.74, 6) is -0.0263. The third-order valence-electron chi connectivity index (χ3n) is 5.59. The first-order valence-corrected chi connectivity index (χ1v) is 11.4. The zero-order valence-corrected chi connectivity index (χ0v) is 18.3. The summed E-state index contributed by atoms with van der Waals surface area (Å²) < 4.78 is 36.3. The Labute approximate surface area is 187 Å². The van der Waals surface area contributed by atoms with Crippen LogP contribution < -0.4 is 11.5 Å². The highest BCUT2D eigenvalue weighted by molar-refractivity contribution is 7.48. The number of rotatable bonds is 4. The van der Waals surface area contributed by atoms with Gasteiger partial charge in [-0.1, -0.05) is 6.07 Å². The van der Waals surface area contributed by atoms with E-state index >= 15 is 0 Å². The molecule has 176 valence electrons. The lowest BCUT2D eigenvalue weighted by atomic mass is 9.96. The highest BCUT2D eigenvalue weighted by atomic mass is 31.2. The number of nitrogens with two attached hydrogens (primary N) is 2. The van der Waals surface area contributed by atoms with E-state index in [9.17, 15) is 14.8 Å². The lowest BCUT2D eigenvalue weighted by molar-refractivity contribution is -0.0950. The van der Waals surface area contributed by atoms with Gasteiger partial charge in [0.25, 0.3) is 0 Å². The zero-order valence-electron chi connectivity index (χ0n) is 17.4. The minimum atomic E-state index is -3.98. The fraction of sp³-hybridized carbons (Fsp3) is 0.444. The van der Waals surface area contributed by atoms with Crippen LogP contribution in [0, 0.1) is 0 Å². The average Bonchev–Trinajstić information content (AvgIpc) is 3.22. The molecule has 14 nitrogen and oxygen atoms in total. The predicted molar refractivity (Wildman–Crippen MR) is 112 cm³/mol. The van der Waals surface area contributed by atoms with Crippen LogP contribution in [0.25, 0.3) is 11.2 Å². The van der Waals surface area contributed by atoms with Gasteiger partial charge in [-0.15, -0.1) is 0 Å². The number of hydrogen-bond donors (Lipinski definition) is 4. The molecule has 2 aliphatic heterocycles. The van der Waals surface area contributed by atoms with Crippen LogP contribution in [0.3, 0.4) is 0 Å². The Morgan fingerprint density at radius 2 is 2.09 bits per heavy atom. The van der Waals surface area contributed by atoms with Crippen molar-refractivity contribution in [2.45, 2.75) is 44.2 Å². The maximum absolute atomic E-state index is 13.0. The van der Waals surface area contributed by atoms with Crippen molar-refractivity contribution in [3.05, 3.63) is 35.9 Å². The van der Waals surface area contributed by atoms with E-state index in [0.29, 0.717) is 5.69 Å². The van der Waals surface area contributed by atoms with Gasteiger partial charge in [-0.05, 0) is 13.0 Å². The minimum absolute atomic E-state index is 0.0154. The molecule has 0 saturated carbocycles.